The fourth-order valence-electron chi connectivity index (χ4n) is 3.39. The van der Waals surface area contributed by atoms with Gasteiger partial charge in [-0.25, -0.2) is 4.98 Å². The first-order valence-electron chi connectivity index (χ1n) is 9.72. The second-order valence-electron chi connectivity index (χ2n) is 7.16. The molecule has 0 aliphatic rings. The van der Waals surface area contributed by atoms with Crippen LogP contribution >= 0.6 is 11.3 Å². The van der Waals surface area contributed by atoms with Gasteiger partial charge < -0.3 is 15.1 Å². The zero-order chi connectivity index (χ0) is 21.1. The highest BCUT2D eigenvalue weighted by molar-refractivity contribution is 7.16. The van der Waals surface area contributed by atoms with Crippen molar-refractivity contribution in [3.05, 3.63) is 99.9 Å². The van der Waals surface area contributed by atoms with Gasteiger partial charge in [0, 0.05) is 16.6 Å². The lowest BCUT2D eigenvalue weighted by atomic mass is 9.96. The molecule has 1 amide bonds. The second kappa shape index (κ2) is 8.55. The largest absolute Gasteiger partial charge is 0.459 e. The van der Waals surface area contributed by atoms with Crippen molar-refractivity contribution >= 4 is 28.1 Å². The molecule has 6 heteroatoms. The Bertz CT molecular complexity index is 1150. The van der Waals surface area contributed by atoms with E-state index in [0.29, 0.717) is 0 Å². The number of aromatic nitrogens is 1. The standard InChI is InChI=1S/C24H23N3O2S/c1-15-11-12-25-20(14-15)26-22(18-8-5-4-6-9-18)21-16(2)17(3)30-24(21)27-23(28)19-10-7-13-29-19/h4-14,22H,1-3H3,(H,25,26)(H,27,28)/t22-/m0/s1. The fourth-order valence-corrected chi connectivity index (χ4v) is 4.48. The van der Waals surface area contributed by atoms with Crippen LogP contribution in [0.1, 0.15) is 43.7 Å². The molecule has 0 bridgehead atoms. The maximum Gasteiger partial charge on any atom is 0.291 e. The zero-order valence-electron chi connectivity index (χ0n) is 17.1. The van der Waals surface area contributed by atoms with Crippen molar-refractivity contribution in [2.45, 2.75) is 26.8 Å². The molecule has 1 atom stereocenters. The Balaban J connectivity index is 1.77. The van der Waals surface area contributed by atoms with Crippen molar-refractivity contribution in [2.75, 3.05) is 10.6 Å². The van der Waals surface area contributed by atoms with E-state index in [0.717, 1.165) is 37.9 Å². The van der Waals surface area contributed by atoms with Crippen LogP contribution in [0.25, 0.3) is 0 Å². The summed E-state index contributed by atoms with van der Waals surface area (Å²) in [6, 6.07) is 17.4. The highest BCUT2D eigenvalue weighted by atomic mass is 32.1. The summed E-state index contributed by atoms with van der Waals surface area (Å²) in [5, 5.41) is 7.43. The van der Waals surface area contributed by atoms with Gasteiger partial charge in [-0.05, 0) is 61.7 Å². The van der Waals surface area contributed by atoms with Gasteiger partial charge in [0.05, 0.1) is 12.3 Å². The van der Waals surface area contributed by atoms with Gasteiger partial charge in [0.1, 0.15) is 10.8 Å². The van der Waals surface area contributed by atoms with E-state index >= 15 is 0 Å². The summed E-state index contributed by atoms with van der Waals surface area (Å²) >= 11 is 1.57. The number of nitrogens with one attached hydrogen (secondary N) is 2. The van der Waals surface area contributed by atoms with Crippen LogP contribution in [0, 0.1) is 20.8 Å². The summed E-state index contributed by atoms with van der Waals surface area (Å²) < 4.78 is 5.27. The van der Waals surface area contributed by atoms with E-state index in [-0.39, 0.29) is 17.7 Å². The number of hydrogen-bond acceptors (Lipinski definition) is 5. The van der Waals surface area contributed by atoms with Gasteiger partial charge in [0.15, 0.2) is 5.76 Å². The SMILES string of the molecule is Cc1ccnc(N[C@@H](c2ccccc2)c2c(NC(=O)c3ccco3)sc(C)c2C)c1. The van der Waals surface area contributed by atoms with E-state index in [1.165, 1.54) is 6.26 Å². The zero-order valence-corrected chi connectivity index (χ0v) is 17.9. The molecule has 30 heavy (non-hydrogen) atoms. The van der Waals surface area contributed by atoms with E-state index in [1.807, 2.05) is 37.3 Å². The van der Waals surface area contributed by atoms with Crippen LogP contribution in [0.4, 0.5) is 10.8 Å². The first kappa shape index (κ1) is 19.9. The molecule has 0 aliphatic heterocycles. The molecule has 3 heterocycles. The molecule has 0 spiro atoms. The molecule has 0 saturated carbocycles. The molecule has 4 rings (SSSR count). The van der Waals surface area contributed by atoms with Crippen LogP contribution in [0.15, 0.2) is 71.5 Å². The van der Waals surface area contributed by atoms with E-state index in [1.54, 1.807) is 29.7 Å². The summed E-state index contributed by atoms with van der Waals surface area (Å²) in [4.78, 5) is 18.3. The van der Waals surface area contributed by atoms with Gasteiger partial charge in [-0.3, -0.25) is 4.79 Å². The van der Waals surface area contributed by atoms with Crippen LogP contribution in [0.5, 0.6) is 0 Å². The first-order valence-corrected chi connectivity index (χ1v) is 10.5. The highest BCUT2D eigenvalue weighted by Gasteiger charge is 2.25. The summed E-state index contributed by atoms with van der Waals surface area (Å²) in [6.45, 7) is 6.20. The number of aryl methyl sites for hydroxylation is 2. The minimum atomic E-state index is -0.261. The summed E-state index contributed by atoms with van der Waals surface area (Å²) in [5.41, 5.74) is 4.40. The lowest BCUT2D eigenvalue weighted by molar-refractivity contribution is 0.0997. The van der Waals surface area contributed by atoms with Gasteiger partial charge in [-0.15, -0.1) is 11.3 Å². The first-order chi connectivity index (χ1) is 14.5. The number of amides is 1. The molecule has 5 nitrogen and oxygen atoms in total. The molecular weight excluding hydrogens is 394 g/mol. The van der Waals surface area contributed by atoms with Gasteiger partial charge in [0.2, 0.25) is 0 Å². The summed E-state index contributed by atoms with van der Waals surface area (Å²) in [5.74, 6) is 0.813. The molecule has 152 valence electrons. The molecule has 2 N–H and O–H groups in total. The predicted octanol–water partition coefficient (Wildman–Crippen LogP) is 6.12. The molecule has 0 saturated heterocycles. The van der Waals surface area contributed by atoms with Gasteiger partial charge in [-0.2, -0.15) is 0 Å². The van der Waals surface area contributed by atoms with E-state index in [9.17, 15) is 4.79 Å². The Hall–Kier alpha value is -3.38. The number of pyridine rings is 1. The highest BCUT2D eigenvalue weighted by Crippen LogP contribution is 2.41. The lowest BCUT2D eigenvalue weighted by Gasteiger charge is -2.22. The van der Waals surface area contributed by atoms with E-state index < -0.39 is 0 Å². The molecular formula is C24H23N3O2S. The number of carbonyl (C=O) groups is 1. The lowest BCUT2D eigenvalue weighted by Crippen LogP contribution is -2.17. The van der Waals surface area contributed by atoms with Crippen molar-refractivity contribution in [1.29, 1.82) is 0 Å². The van der Waals surface area contributed by atoms with Gasteiger partial charge >= 0.3 is 0 Å². The Morgan fingerprint density at radius 3 is 2.57 bits per heavy atom. The Kier molecular flexibility index (Phi) is 5.68. The van der Waals surface area contributed by atoms with Crippen LogP contribution in [0.3, 0.4) is 0 Å². The van der Waals surface area contributed by atoms with Gasteiger partial charge in [0.25, 0.3) is 5.91 Å². The quantitative estimate of drug-likeness (QED) is 0.397. The smallest absolute Gasteiger partial charge is 0.291 e. The number of thiophene rings is 1. The normalized spacial score (nSPS) is 11.8. The van der Waals surface area contributed by atoms with Crippen LogP contribution in [-0.4, -0.2) is 10.9 Å². The molecule has 0 unspecified atom stereocenters. The third-order valence-corrected chi connectivity index (χ3v) is 6.17. The number of nitrogens with zero attached hydrogens (tertiary/aromatic N) is 1. The minimum Gasteiger partial charge on any atom is -0.459 e. The number of carbonyl (C=O) groups excluding carboxylic acids is 1. The Labute approximate surface area is 179 Å². The Morgan fingerprint density at radius 2 is 1.87 bits per heavy atom. The molecule has 0 aliphatic carbocycles. The predicted molar refractivity (Wildman–Crippen MR) is 121 cm³/mol. The molecule has 0 fully saturated rings. The topological polar surface area (TPSA) is 67.2 Å². The second-order valence-corrected chi connectivity index (χ2v) is 8.39. The monoisotopic (exact) mass is 417 g/mol. The summed E-state index contributed by atoms with van der Waals surface area (Å²) in [6.07, 6.45) is 3.30. The number of furan rings is 1. The van der Waals surface area contributed by atoms with E-state index in [2.05, 4.69) is 41.6 Å². The third-order valence-electron chi connectivity index (χ3n) is 5.03. The van der Waals surface area contributed by atoms with E-state index in [4.69, 9.17) is 4.42 Å². The van der Waals surface area contributed by atoms with Crippen LogP contribution in [-0.2, 0) is 0 Å². The molecule has 4 aromatic rings. The minimum absolute atomic E-state index is 0.169. The summed E-state index contributed by atoms with van der Waals surface area (Å²) in [7, 11) is 0. The average Bonchev–Trinajstić information content (AvgIpc) is 3.37. The van der Waals surface area contributed by atoms with Crippen molar-refractivity contribution in [3.8, 4) is 0 Å². The maximum absolute atomic E-state index is 12.7. The number of hydrogen-bond donors (Lipinski definition) is 2. The van der Waals surface area contributed by atoms with Crippen LogP contribution in [0.2, 0.25) is 0 Å². The van der Waals surface area contributed by atoms with Crippen LogP contribution < -0.4 is 10.6 Å². The maximum atomic E-state index is 12.7. The molecule has 1 aromatic carbocycles. The Morgan fingerprint density at radius 1 is 1.07 bits per heavy atom. The van der Waals surface area contributed by atoms with Crippen molar-refractivity contribution in [3.63, 3.8) is 0 Å². The average molecular weight is 418 g/mol. The number of anilines is 2. The van der Waals surface area contributed by atoms with Crippen molar-refractivity contribution in [1.82, 2.24) is 4.98 Å². The molecule has 0 radical (unpaired) electrons. The van der Waals surface area contributed by atoms with Crippen molar-refractivity contribution < 1.29 is 9.21 Å². The number of rotatable bonds is 6. The molecule has 3 aromatic heterocycles. The van der Waals surface area contributed by atoms with Gasteiger partial charge in [-0.1, -0.05) is 30.3 Å². The third kappa shape index (κ3) is 4.14. The van der Waals surface area contributed by atoms with Crippen molar-refractivity contribution in [2.24, 2.45) is 0 Å². The number of benzene rings is 1. The fraction of sp³-hybridized carbons (Fsp3) is 0.167.